The normalized spacial score (nSPS) is 29.8. The minimum absolute atomic E-state index is 0.0511. The molecule has 0 aromatic heterocycles. The van der Waals surface area contributed by atoms with Crippen molar-refractivity contribution in [2.24, 2.45) is 5.41 Å². The number of nitro benzene ring substituents is 1. The van der Waals surface area contributed by atoms with E-state index in [0.29, 0.717) is 0 Å². The maximum atomic E-state index is 13.1. The Kier molecular flexibility index (Phi) is 3.74. The third-order valence-corrected chi connectivity index (χ3v) is 5.33. The van der Waals surface area contributed by atoms with E-state index in [0.717, 1.165) is 0 Å². The van der Waals surface area contributed by atoms with Crippen molar-refractivity contribution in [1.29, 1.82) is 0 Å². The van der Waals surface area contributed by atoms with Crippen LogP contribution in [-0.2, 0) is 9.78 Å². The van der Waals surface area contributed by atoms with Crippen LogP contribution in [0.5, 0.6) is 0 Å². The predicted octanol–water partition coefficient (Wildman–Crippen LogP) is 2.76. The van der Waals surface area contributed by atoms with E-state index >= 15 is 0 Å². The molecule has 8 heteroatoms. The van der Waals surface area contributed by atoms with Gasteiger partial charge in [-0.3, -0.25) is 19.7 Å². The molecule has 1 heterocycles. The van der Waals surface area contributed by atoms with Gasteiger partial charge in [0, 0.05) is 17.2 Å². The van der Waals surface area contributed by atoms with Crippen LogP contribution in [-0.4, -0.2) is 27.4 Å². The highest BCUT2D eigenvalue weighted by Gasteiger charge is 2.66. The van der Waals surface area contributed by atoms with Crippen molar-refractivity contribution >= 4 is 17.3 Å². The fraction of sp³-hybridized carbons (Fsp3) is 0.263. The number of aliphatic hydroxyl groups is 1. The molecule has 2 aliphatic rings. The lowest BCUT2D eigenvalue weighted by atomic mass is 9.63. The van der Waals surface area contributed by atoms with Gasteiger partial charge in [-0.15, -0.1) is 0 Å². The molecule has 0 amide bonds. The van der Waals surface area contributed by atoms with Gasteiger partial charge in [-0.25, -0.2) is 4.89 Å². The number of carbonyl (C=O) groups excluding carboxylic acids is 2. The van der Waals surface area contributed by atoms with Crippen molar-refractivity contribution in [1.82, 2.24) is 0 Å². The first-order valence-electron chi connectivity index (χ1n) is 8.28. The Hall–Kier alpha value is -2.94. The van der Waals surface area contributed by atoms with Crippen molar-refractivity contribution in [2.45, 2.75) is 25.2 Å². The number of fused-ring (bicyclic) bond motifs is 2. The van der Waals surface area contributed by atoms with Gasteiger partial charge in [0.1, 0.15) is 6.10 Å². The summed E-state index contributed by atoms with van der Waals surface area (Å²) in [6.07, 6.45) is -1.16. The summed E-state index contributed by atoms with van der Waals surface area (Å²) in [4.78, 5) is 47.0. The second kappa shape index (κ2) is 5.78. The Morgan fingerprint density at radius 2 is 1.67 bits per heavy atom. The summed E-state index contributed by atoms with van der Waals surface area (Å²) < 4.78 is 0. The fourth-order valence-corrected chi connectivity index (χ4v) is 3.74. The van der Waals surface area contributed by atoms with Gasteiger partial charge in [0.25, 0.3) is 11.5 Å². The molecule has 0 bridgehead atoms. The van der Waals surface area contributed by atoms with Crippen LogP contribution in [0.15, 0.2) is 48.5 Å². The first-order chi connectivity index (χ1) is 12.8. The molecule has 1 N–H and O–H groups in total. The molecular formula is C19H15NO7. The number of Topliss-reactive ketones (excluding diaryl/α,β-unsaturated/α-hetero) is 2. The number of nitro groups is 1. The average molecular weight is 369 g/mol. The van der Waals surface area contributed by atoms with Crippen LogP contribution in [0.4, 0.5) is 5.69 Å². The van der Waals surface area contributed by atoms with E-state index in [-0.39, 0.29) is 28.8 Å². The molecule has 2 aromatic rings. The Bertz CT molecular complexity index is 988. The van der Waals surface area contributed by atoms with Crippen molar-refractivity contribution in [3.8, 4) is 0 Å². The average Bonchev–Trinajstić information content (AvgIpc) is 2.68. The van der Waals surface area contributed by atoms with E-state index in [9.17, 15) is 24.8 Å². The van der Waals surface area contributed by atoms with Gasteiger partial charge in [-0.2, -0.15) is 4.89 Å². The molecule has 2 aromatic carbocycles. The first-order valence-corrected chi connectivity index (χ1v) is 8.28. The van der Waals surface area contributed by atoms with Gasteiger partial charge in [-0.05, 0) is 19.4 Å². The molecule has 0 saturated carbocycles. The SMILES string of the molecule is C[C@@]12C[C@@H](c3ccccc3[N+](=O)[O-])OO[C@]1(O)C(=O)c1ccccc1C2=O. The maximum absolute atomic E-state index is 13.1. The second-order valence-electron chi connectivity index (χ2n) is 6.87. The van der Waals surface area contributed by atoms with Gasteiger partial charge < -0.3 is 5.11 Å². The molecule has 4 rings (SSSR count). The molecule has 1 aliphatic carbocycles. The number of hydrogen-bond donors (Lipinski definition) is 1. The van der Waals surface area contributed by atoms with Gasteiger partial charge in [-0.1, -0.05) is 36.4 Å². The highest BCUT2D eigenvalue weighted by Crippen LogP contribution is 2.53. The van der Waals surface area contributed by atoms with Crippen LogP contribution < -0.4 is 0 Å². The quantitative estimate of drug-likeness (QED) is 0.491. The molecule has 138 valence electrons. The van der Waals surface area contributed by atoms with Crippen molar-refractivity contribution in [3.05, 3.63) is 75.3 Å². The van der Waals surface area contributed by atoms with E-state index in [4.69, 9.17) is 9.78 Å². The number of hydrogen-bond acceptors (Lipinski definition) is 7. The van der Waals surface area contributed by atoms with Crippen LogP contribution in [0.25, 0.3) is 0 Å². The molecular weight excluding hydrogens is 354 g/mol. The van der Waals surface area contributed by atoms with Gasteiger partial charge in [0.15, 0.2) is 5.78 Å². The van der Waals surface area contributed by atoms with Gasteiger partial charge in [0.2, 0.25) is 5.78 Å². The summed E-state index contributed by atoms with van der Waals surface area (Å²) >= 11 is 0. The van der Waals surface area contributed by atoms with E-state index in [1.54, 1.807) is 18.2 Å². The Labute approximate surface area is 153 Å². The molecule has 1 saturated heterocycles. The molecule has 1 aliphatic heterocycles. The standard InChI is InChI=1S/C19H15NO7/c1-18-10-15(13-8-4-5-9-14(13)20(24)25)26-27-19(18,23)17(22)12-7-3-2-6-11(12)16(18)21/h2-9,15,23H,10H2,1H3/t15-,18-,19+/m0/s1. The lowest BCUT2D eigenvalue weighted by Crippen LogP contribution is -2.64. The van der Waals surface area contributed by atoms with Gasteiger partial charge in [0.05, 0.1) is 15.9 Å². The van der Waals surface area contributed by atoms with Gasteiger partial charge >= 0.3 is 0 Å². The van der Waals surface area contributed by atoms with Crippen LogP contribution in [0.1, 0.15) is 45.7 Å². The topological polar surface area (TPSA) is 116 Å². The van der Waals surface area contributed by atoms with Crippen LogP contribution >= 0.6 is 0 Å². The zero-order valence-electron chi connectivity index (χ0n) is 14.2. The van der Waals surface area contributed by atoms with Crippen molar-refractivity contribution in [2.75, 3.05) is 0 Å². The number of para-hydroxylation sites is 1. The zero-order chi connectivity index (χ0) is 19.4. The van der Waals surface area contributed by atoms with Crippen LogP contribution in [0.3, 0.4) is 0 Å². The third-order valence-electron chi connectivity index (χ3n) is 5.33. The summed E-state index contributed by atoms with van der Waals surface area (Å²) in [5.41, 5.74) is -1.43. The Balaban J connectivity index is 1.81. The second-order valence-corrected chi connectivity index (χ2v) is 6.87. The van der Waals surface area contributed by atoms with E-state index in [1.165, 1.54) is 37.3 Å². The minimum Gasteiger partial charge on any atom is -0.356 e. The number of carbonyl (C=O) groups is 2. The van der Waals surface area contributed by atoms with Crippen molar-refractivity contribution in [3.63, 3.8) is 0 Å². The lowest BCUT2D eigenvalue weighted by molar-refractivity contribution is -0.469. The number of nitrogens with zero attached hydrogens (tertiary/aromatic N) is 1. The minimum atomic E-state index is -2.50. The molecule has 1 fully saturated rings. The largest absolute Gasteiger partial charge is 0.356 e. The number of benzene rings is 2. The highest BCUT2D eigenvalue weighted by atomic mass is 17.2. The third kappa shape index (κ3) is 2.27. The number of ketones is 2. The highest BCUT2D eigenvalue weighted by molar-refractivity contribution is 6.19. The zero-order valence-corrected chi connectivity index (χ0v) is 14.2. The monoisotopic (exact) mass is 369 g/mol. The summed E-state index contributed by atoms with van der Waals surface area (Å²) in [6.45, 7) is 1.41. The van der Waals surface area contributed by atoms with E-state index in [1.807, 2.05) is 0 Å². The summed E-state index contributed by atoms with van der Waals surface area (Å²) in [5, 5.41) is 22.2. The van der Waals surface area contributed by atoms with Crippen molar-refractivity contribution < 1.29 is 29.4 Å². The molecule has 8 nitrogen and oxygen atoms in total. The van der Waals surface area contributed by atoms with Crippen LogP contribution in [0, 0.1) is 15.5 Å². The maximum Gasteiger partial charge on any atom is 0.275 e. The molecule has 0 spiro atoms. The predicted molar refractivity (Wildman–Crippen MR) is 90.8 cm³/mol. The summed E-state index contributed by atoms with van der Waals surface area (Å²) in [6, 6.07) is 12.1. The van der Waals surface area contributed by atoms with E-state index in [2.05, 4.69) is 0 Å². The number of rotatable bonds is 2. The molecule has 27 heavy (non-hydrogen) atoms. The summed E-state index contributed by atoms with van der Waals surface area (Å²) in [5.74, 6) is -3.76. The smallest absolute Gasteiger partial charge is 0.275 e. The van der Waals surface area contributed by atoms with E-state index < -0.39 is 33.8 Å². The lowest BCUT2D eigenvalue weighted by Gasteiger charge is -2.48. The molecule has 0 unspecified atom stereocenters. The Morgan fingerprint density at radius 3 is 2.33 bits per heavy atom. The Morgan fingerprint density at radius 1 is 1.07 bits per heavy atom. The molecule has 0 radical (unpaired) electrons. The fourth-order valence-electron chi connectivity index (χ4n) is 3.74. The molecule has 3 atom stereocenters. The first kappa shape index (κ1) is 17.5. The summed E-state index contributed by atoms with van der Waals surface area (Å²) in [7, 11) is 0. The van der Waals surface area contributed by atoms with Crippen LogP contribution in [0.2, 0.25) is 0 Å².